The molecule has 0 amide bonds. The summed E-state index contributed by atoms with van der Waals surface area (Å²) >= 11 is 0. The van der Waals surface area contributed by atoms with Gasteiger partial charge in [0.2, 0.25) is 0 Å². The van der Waals surface area contributed by atoms with Crippen LogP contribution in [0.4, 0.5) is 12.3 Å². The fourth-order valence-electron chi connectivity index (χ4n) is 2.65. The van der Waals surface area contributed by atoms with Crippen molar-refractivity contribution in [3.63, 3.8) is 0 Å². The van der Waals surface area contributed by atoms with Gasteiger partial charge in [0.25, 0.3) is 0 Å². The van der Waals surface area contributed by atoms with Gasteiger partial charge in [0.15, 0.2) is 0 Å². The Bertz CT molecular complexity index is 166. The van der Waals surface area contributed by atoms with Gasteiger partial charge in [-0.1, -0.05) is 6.42 Å². The van der Waals surface area contributed by atoms with Crippen molar-refractivity contribution in [3.05, 3.63) is 0 Å². The first kappa shape index (κ1) is 7.65. The van der Waals surface area contributed by atoms with Crippen LogP contribution in [0.25, 0.3) is 0 Å². The standard InChI is InChI=1S/C7H11F3Si/c8-11(9,10)7-4-5-1-2-6(7)3-5/h5-7H,1-4H2/t5-,6+,7+/m0/s1. The van der Waals surface area contributed by atoms with Gasteiger partial charge in [-0.25, -0.2) is 12.3 Å². The molecule has 0 heterocycles. The summed E-state index contributed by atoms with van der Waals surface area (Å²) in [4.78, 5) is 0. The molecule has 2 aliphatic carbocycles. The molecule has 2 bridgehead atoms. The van der Waals surface area contributed by atoms with Crippen LogP contribution < -0.4 is 0 Å². The molecule has 3 atom stereocenters. The molecule has 0 spiro atoms. The summed E-state index contributed by atoms with van der Waals surface area (Å²) < 4.78 is 37.1. The van der Waals surface area contributed by atoms with Gasteiger partial charge in [0.05, 0.1) is 0 Å². The van der Waals surface area contributed by atoms with Crippen LogP contribution in [0.1, 0.15) is 25.7 Å². The molecule has 0 aromatic heterocycles. The van der Waals surface area contributed by atoms with Crippen molar-refractivity contribution in [1.82, 2.24) is 0 Å². The Labute approximate surface area is 65.3 Å². The molecule has 0 radical (unpaired) electrons. The van der Waals surface area contributed by atoms with E-state index in [0.717, 1.165) is 19.3 Å². The molecule has 11 heavy (non-hydrogen) atoms. The Kier molecular flexibility index (Phi) is 1.56. The van der Waals surface area contributed by atoms with Gasteiger partial charge in [-0.2, -0.15) is 0 Å². The van der Waals surface area contributed by atoms with Gasteiger partial charge in [-0.3, -0.25) is 0 Å². The summed E-state index contributed by atoms with van der Waals surface area (Å²) in [6.45, 7) is 0. The Hall–Kier alpha value is 0.00688. The molecule has 2 aliphatic rings. The molecule has 4 heteroatoms. The van der Waals surface area contributed by atoms with E-state index in [4.69, 9.17) is 0 Å². The lowest BCUT2D eigenvalue weighted by Crippen LogP contribution is -2.28. The average molecular weight is 180 g/mol. The SMILES string of the molecule is F[Si](F)(F)[C@@H]1C[C@H]2CC[C@@H]1C2. The predicted octanol–water partition coefficient (Wildman–Crippen LogP) is 3.02. The first-order valence-corrected chi connectivity index (χ1v) is 5.85. The van der Waals surface area contributed by atoms with E-state index in [1.807, 2.05) is 0 Å². The maximum atomic E-state index is 12.4. The topological polar surface area (TPSA) is 0 Å². The maximum Gasteiger partial charge on any atom is 0.619 e. The van der Waals surface area contributed by atoms with Gasteiger partial charge in [0, 0.05) is 5.54 Å². The average Bonchev–Trinajstić information content (AvgIpc) is 2.42. The van der Waals surface area contributed by atoms with Crippen LogP contribution in [0.5, 0.6) is 0 Å². The molecule has 0 aliphatic heterocycles. The zero-order valence-corrected chi connectivity index (χ0v) is 7.19. The third-order valence-corrected chi connectivity index (χ3v) is 4.71. The van der Waals surface area contributed by atoms with Crippen LogP contribution in [-0.2, 0) is 0 Å². The fourth-order valence-corrected chi connectivity index (χ4v) is 4.08. The summed E-state index contributed by atoms with van der Waals surface area (Å²) in [5.74, 6) is 0.464. The first-order valence-electron chi connectivity index (χ1n) is 4.14. The van der Waals surface area contributed by atoms with Crippen molar-refractivity contribution < 1.29 is 12.3 Å². The molecule has 0 unspecified atom stereocenters. The Morgan fingerprint density at radius 3 is 2.00 bits per heavy atom. The largest absolute Gasteiger partial charge is 0.619 e. The normalized spacial score (nSPS) is 43.4. The van der Waals surface area contributed by atoms with Crippen molar-refractivity contribution in [2.24, 2.45) is 11.8 Å². The number of fused-ring (bicyclic) bond motifs is 2. The summed E-state index contributed by atoms with van der Waals surface area (Å²) in [5.41, 5.74) is -0.818. The third-order valence-electron chi connectivity index (χ3n) is 3.16. The molecule has 0 N–H and O–H groups in total. The highest BCUT2D eigenvalue weighted by molar-refractivity contribution is 6.60. The second-order valence-electron chi connectivity index (χ2n) is 3.82. The molecule has 0 saturated heterocycles. The number of rotatable bonds is 1. The Morgan fingerprint density at radius 2 is 1.73 bits per heavy atom. The van der Waals surface area contributed by atoms with E-state index >= 15 is 0 Å². The van der Waals surface area contributed by atoms with Crippen LogP contribution in [0.3, 0.4) is 0 Å². The zero-order chi connectivity index (χ0) is 8.06. The molecule has 0 aromatic carbocycles. The maximum absolute atomic E-state index is 12.4. The van der Waals surface area contributed by atoms with Crippen LogP contribution in [0.2, 0.25) is 5.54 Å². The predicted molar refractivity (Wildman–Crippen MR) is 38.3 cm³/mol. The van der Waals surface area contributed by atoms with Gasteiger partial charge in [-0.05, 0) is 31.1 Å². The highest BCUT2D eigenvalue weighted by atomic mass is 28.5. The lowest BCUT2D eigenvalue weighted by Gasteiger charge is -2.21. The molecule has 0 nitrogen and oxygen atoms in total. The van der Waals surface area contributed by atoms with E-state index in [2.05, 4.69) is 0 Å². The second kappa shape index (κ2) is 2.25. The molecule has 2 saturated carbocycles. The van der Waals surface area contributed by atoms with Crippen molar-refractivity contribution in [3.8, 4) is 0 Å². The smallest absolute Gasteiger partial charge is 0.237 e. The monoisotopic (exact) mass is 180 g/mol. The van der Waals surface area contributed by atoms with E-state index in [1.165, 1.54) is 0 Å². The summed E-state index contributed by atoms with van der Waals surface area (Å²) in [6, 6.07) is 0. The van der Waals surface area contributed by atoms with Crippen LogP contribution in [0.15, 0.2) is 0 Å². The van der Waals surface area contributed by atoms with E-state index in [1.54, 1.807) is 0 Å². The molecule has 2 rings (SSSR count). The number of hydrogen-bond acceptors (Lipinski definition) is 0. The number of halogens is 3. The van der Waals surface area contributed by atoms with E-state index in [-0.39, 0.29) is 5.92 Å². The molecule has 64 valence electrons. The van der Waals surface area contributed by atoms with Crippen molar-refractivity contribution in [2.75, 3.05) is 0 Å². The molecular formula is C7H11F3Si. The lowest BCUT2D eigenvalue weighted by molar-refractivity contribution is 0.361. The Morgan fingerprint density at radius 1 is 1.00 bits per heavy atom. The van der Waals surface area contributed by atoms with Gasteiger partial charge in [0.1, 0.15) is 0 Å². The minimum absolute atomic E-state index is 0.0340. The van der Waals surface area contributed by atoms with Crippen molar-refractivity contribution >= 4 is 9.08 Å². The highest BCUT2D eigenvalue weighted by Gasteiger charge is 2.56. The van der Waals surface area contributed by atoms with Gasteiger partial charge < -0.3 is 0 Å². The summed E-state index contributed by atoms with van der Waals surface area (Å²) in [6.07, 6.45) is 3.26. The van der Waals surface area contributed by atoms with Crippen LogP contribution in [-0.4, -0.2) is 9.08 Å². The van der Waals surface area contributed by atoms with Crippen LogP contribution in [0, 0.1) is 11.8 Å². The van der Waals surface area contributed by atoms with E-state index < -0.39 is 14.6 Å². The van der Waals surface area contributed by atoms with Gasteiger partial charge in [-0.15, -0.1) is 0 Å². The van der Waals surface area contributed by atoms with Crippen molar-refractivity contribution in [1.29, 1.82) is 0 Å². The minimum Gasteiger partial charge on any atom is -0.237 e. The van der Waals surface area contributed by atoms with Crippen molar-refractivity contribution in [2.45, 2.75) is 31.2 Å². The fraction of sp³-hybridized carbons (Fsp3) is 1.00. The third kappa shape index (κ3) is 1.21. The molecule has 0 aromatic rings. The van der Waals surface area contributed by atoms with Gasteiger partial charge >= 0.3 is 9.08 Å². The minimum atomic E-state index is -5.28. The Balaban J connectivity index is 2.08. The van der Waals surface area contributed by atoms with Crippen LogP contribution >= 0.6 is 0 Å². The lowest BCUT2D eigenvalue weighted by atomic mass is 10.0. The quantitative estimate of drug-likeness (QED) is 0.430. The molecular weight excluding hydrogens is 169 g/mol. The highest BCUT2D eigenvalue weighted by Crippen LogP contribution is 2.56. The summed E-state index contributed by atoms with van der Waals surface area (Å²) in [7, 11) is -5.28. The summed E-state index contributed by atoms with van der Waals surface area (Å²) in [5, 5.41) is 0. The number of hydrogen-bond donors (Lipinski definition) is 0. The first-order chi connectivity index (χ1) is 5.07. The van der Waals surface area contributed by atoms with E-state index in [0.29, 0.717) is 12.3 Å². The zero-order valence-electron chi connectivity index (χ0n) is 6.19. The second-order valence-corrected chi connectivity index (χ2v) is 5.65. The molecule has 2 fully saturated rings. The van der Waals surface area contributed by atoms with E-state index in [9.17, 15) is 12.3 Å².